The fourth-order valence-corrected chi connectivity index (χ4v) is 3.13. The highest BCUT2D eigenvalue weighted by Crippen LogP contribution is 2.23. The Balaban J connectivity index is 1.34. The summed E-state index contributed by atoms with van der Waals surface area (Å²) in [5.74, 6) is 0.826. The Kier molecular flexibility index (Phi) is 6.72. The van der Waals surface area contributed by atoms with Gasteiger partial charge in [0.1, 0.15) is 11.6 Å². The lowest BCUT2D eigenvalue weighted by atomic mass is 10.1. The van der Waals surface area contributed by atoms with Crippen molar-refractivity contribution in [3.63, 3.8) is 0 Å². The summed E-state index contributed by atoms with van der Waals surface area (Å²) in [6.45, 7) is 0.520. The lowest BCUT2D eigenvalue weighted by Gasteiger charge is -2.08. The zero-order chi connectivity index (χ0) is 22.3. The standard InChI is InChI=1S/C25H19ClFN3O2/c26-20-7-1-17(2-8-20)13-15-29-25(31)19-5-11-22(12-6-19)32-23-14-16-28-24(30-23)18-3-9-21(27)10-4-18/h1-12,14,16H,13,15H2,(H,29,31). The van der Waals surface area contributed by atoms with Crippen molar-refractivity contribution in [2.45, 2.75) is 6.42 Å². The van der Waals surface area contributed by atoms with Gasteiger partial charge in [0.2, 0.25) is 5.88 Å². The Morgan fingerprint density at radius 2 is 1.66 bits per heavy atom. The molecule has 0 spiro atoms. The van der Waals surface area contributed by atoms with Gasteiger partial charge in [-0.15, -0.1) is 0 Å². The Hall–Kier alpha value is -3.77. The molecule has 32 heavy (non-hydrogen) atoms. The number of carbonyl (C=O) groups excluding carboxylic acids is 1. The Morgan fingerprint density at radius 1 is 0.938 bits per heavy atom. The van der Waals surface area contributed by atoms with Crippen LogP contribution in [0.4, 0.5) is 4.39 Å². The first kappa shape index (κ1) is 21.5. The third kappa shape index (κ3) is 5.68. The molecule has 0 bridgehead atoms. The molecule has 0 saturated heterocycles. The van der Waals surface area contributed by atoms with Gasteiger partial charge in [0.25, 0.3) is 5.91 Å². The van der Waals surface area contributed by atoms with Crippen LogP contribution in [0.1, 0.15) is 15.9 Å². The monoisotopic (exact) mass is 447 g/mol. The molecule has 0 atom stereocenters. The highest BCUT2D eigenvalue weighted by Gasteiger charge is 2.08. The van der Waals surface area contributed by atoms with Crippen LogP contribution in [0.5, 0.6) is 11.6 Å². The number of aromatic nitrogens is 2. The maximum atomic E-state index is 13.1. The molecule has 0 aliphatic carbocycles. The molecule has 160 valence electrons. The van der Waals surface area contributed by atoms with Crippen LogP contribution in [0.25, 0.3) is 11.4 Å². The molecule has 0 radical (unpaired) electrons. The molecule has 5 nitrogen and oxygen atoms in total. The smallest absolute Gasteiger partial charge is 0.251 e. The number of hydrogen-bond donors (Lipinski definition) is 1. The normalized spacial score (nSPS) is 10.6. The molecule has 1 amide bonds. The van der Waals surface area contributed by atoms with E-state index in [1.165, 1.54) is 12.1 Å². The summed E-state index contributed by atoms with van der Waals surface area (Å²) >= 11 is 5.88. The minimum atomic E-state index is -0.324. The molecule has 0 unspecified atom stereocenters. The van der Waals surface area contributed by atoms with Gasteiger partial charge in [-0.1, -0.05) is 23.7 Å². The van der Waals surface area contributed by atoms with E-state index >= 15 is 0 Å². The van der Waals surface area contributed by atoms with Crippen LogP contribution in [0, 0.1) is 5.82 Å². The minimum absolute atomic E-state index is 0.161. The summed E-state index contributed by atoms with van der Waals surface area (Å²) in [6, 6.07) is 21.9. The third-order valence-electron chi connectivity index (χ3n) is 4.68. The summed E-state index contributed by atoms with van der Waals surface area (Å²) in [7, 11) is 0. The van der Waals surface area contributed by atoms with E-state index in [1.807, 2.05) is 24.3 Å². The van der Waals surface area contributed by atoms with Gasteiger partial charge in [-0.3, -0.25) is 4.79 Å². The zero-order valence-electron chi connectivity index (χ0n) is 17.0. The van der Waals surface area contributed by atoms with Crippen molar-refractivity contribution in [2.24, 2.45) is 0 Å². The molecule has 0 fully saturated rings. The number of rotatable bonds is 7. The Morgan fingerprint density at radius 3 is 2.38 bits per heavy atom. The summed E-state index contributed by atoms with van der Waals surface area (Å²) < 4.78 is 18.9. The van der Waals surface area contributed by atoms with Crippen LogP contribution in [0.15, 0.2) is 85.1 Å². The molecule has 0 aliphatic rings. The van der Waals surface area contributed by atoms with Gasteiger partial charge >= 0.3 is 0 Å². The van der Waals surface area contributed by atoms with Gasteiger partial charge < -0.3 is 10.1 Å². The molecular weight excluding hydrogens is 429 g/mol. The van der Waals surface area contributed by atoms with Crippen molar-refractivity contribution >= 4 is 17.5 Å². The molecule has 1 heterocycles. The quantitative estimate of drug-likeness (QED) is 0.394. The molecule has 4 aromatic rings. The molecule has 4 rings (SSSR count). The first-order valence-corrected chi connectivity index (χ1v) is 10.3. The lowest BCUT2D eigenvalue weighted by molar-refractivity contribution is 0.0954. The van der Waals surface area contributed by atoms with Crippen molar-refractivity contribution in [3.05, 3.63) is 107 Å². The van der Waals surface area contributed by atoms with Crippen LogP contribution in [0.3, 0.4) is 0 Å². The lowest BCUT2D eigenvalue weighted by Crippen LogP contribution is -2.25. The highest BCUT2D eigenvalue weighted by atomic mass is 35.5. The molecule has 1 aromatic heterocycles. The van der Waals surface area contributed by atoms with Crippen LogP contribution in [-0.2, 0) is 6.42 Å². The second kappa shape index (κ2) is 10.0. The van der Waals surface area contributed by atoms with Crippen LogP contribution < -0.4 is 10.1 Å². The van der Waals surface area contributed by atoms with Gasteiger partial charge in [-0.25, -0.2) is 9.37 Å². The van der Waals surface area contributed by atoms with Crippen LogP contribution in [-0.4, -0.2) is 22.4 Å². The van der Waals surface area contributed by atoms with Gasteiger partial charge in [0.15, 0.2) is 5.82 Å². The number of carbonyl (C=O) groups is 1. The van der Waals surface area contributed by atoms with E-state index in [-0.39, 0.29) is 11.7 Å². The van der Waals surface area contributed by atoms with E-state index < -0.39 is 0 Å². The Labute approximate surface area is 189 Å². The third-order valence-corrected chi connectivity index (χ3v) is 4.94. The number of hydrogen-bond acceptors (Lipinski definition) is 4. The predicted molar refractivity (Wildman–Crippen MR) is 121 cm³/mol. The second-order valence-corrected chi connectivity index (χ2v) is 7.42. The maximum absolute atomic E-state index is 13.1. The first-order valence-electron chi connectivity index (χ1n) is 9.96. The largest absolute Gasteiger partial charge is 0.439 e. The van der Waals surface area contributed by atoms with E-state index in [2.05, 4.69) is 15.3 Å². The highest BCUT2D eigenvalue weighted by molar-refractivity contribution is 6.30. The number of benzene rings is 3. The Bertz CT molecular complexity index is 1200. The molecule has 3 aromatic carbocycles. The second-order valence-electron chi connectivity index (χ2n) is 6.98. The number of nitrogens with zero attached hydrogens (tertiary/aromatic N) is 2. The van der Waals surface area contributed by atoms with Crippen molar-refractivity contribution in [2.75, 3.05) is 6.54 Å². The summed E-state index contributed by atoms with van der Waals surface area (Å²) in [4.78, 5) is 20.9. The number of halogens is 2. The molecule has 0 saturated carbocycles. The van der Waals surface area contributed by atoms with Gasteiger partial charge in [0, 0.05) is 35.0 Å². The minimum Gasteiger partial charge on any atom is -0.439 e. The first-order chi connectivity index (χ1) is 15.6. The summed E-state index contributed by atoms with van der Waals surface area (Å²) in [6.07, 6.45) is 2.29. The molecule has 1 N–H and O–H groups in total. The number of ether oxygens (including phenoxy) is 1. The van der Waals surface area contributed by atoms with E-state index in [0.717, 1.165) is 5.56 Å². The maximum Gasteiger partial charge on any atom is 0.251 e. The SMILES string of the molecule is O=C(NCCc1ccc(Cl)cc1)c1ccc(Oc2ccnc(-c3ccc(F)cc3)n2)cc1. The molecular formula is C25H19ClFN3O2. The zero-order valence-corrected chi connectivity index (χ0v) is 17.7. The van der Waals surface area contributed by atoms with Crippen molar-refractivity contribution in [1.82, 2.24) is 15.3 Å². The van der Waals surface area contributed by atoms with E-state index in [1.54, 1.807) is 48.7 Å². The van der Waals surface area contributed by atoms with Gasteiger partial charge in [0.05, 0.1) is 0 Å². The molecule has 7 heteroatoms. The van der Waals surface area contributed by atoms with Crippen molar-refractivity contribution < 1.29 is 13.9 Å². The summed E-state index contributed by atoms with van der Waals surface area (Å²) in [5, 5.41) is 3.59. The predicted octanol–water partition coefficient (Wildman–Crippen LogP) is 5.70. The van der Waals surface area contributed by atoms with Crippen molar-refractivity contribution in [1.29, 1.82) is 0 Å². The van der Waals surface area contributed by atoms with E-state index in [9.17, 15) is 9.18 Å². The van der Waals surface area contributed by atoms with E-state index in [0.29, 0.717) is 46.6 Å². The average Bonchev–Trinajstić information content (AvgIpc) is 2.81. The average molecular weight is 448 g/mol. The van der Waals surface area contributed by atoms with Crippen LogP contribution >= 0.6 is 11.6 Å². The number of amides is 1. The molecule has 0 aliphatic heterocycles. The van der Waals surface area contributed by atoms with Gasteiger partial charge in [-0.05, 0) is 72.6 Å². The van der Waals surface area contributed by atoms with Gasteiger partial charge in [-0.2, -0.15) is 4.98 Å². The fraction of sp³-hybridized carbons (Fsp3) is 0.0800. The topological polar surface area (TPSA) is 64.1 Å². The van der Waals surface area contributed by atoms with E-state index in [4.69, 9.17) is 16.3 Å². The van der Waals surface area contributed by atoms with Crippen LogP contribution in [0.2, 0.25) is 5.02 Å². The summed E-state index contributed by atoms with van der Waals surface area (Å²) in [5.41, 5.74) is 2.31. The number of nitrogens with one attached hydrogen (secondary N) is 1. The van der Waals surface area contributed by atoms with Crippen molar-refractivity contribution in [3.8, 4) is 23.0 Å². The fourth-order valence-electron chi connectivity index (χ4n) is 3.01.